The van der Waals surface area contributed by atoms with Crippen LogP contribution < -0.4 is 5.73 Å². The van der Waals surface area contributed by atoms with Crippen molar-refractivity contribution >= 4 is 17.1 Å². The van der Waals surface area contributed by atoms with Crippen LogP contribution in [0.4, 0.5) is 5.69 Å². The maximum Gasteiger partial charge on any atom is 0.142 e. The van der Waals surface area contributed by atoms with Gasteiger partial charge in [0.2, 0.25) is 0 Å². The number of allylic oxidation sites excluding steroid dienone is 4. The van der Waals surface area contributed by atoms with E-state index in [2.05, 4.69) is 0 Å². The molecule has 0 radical (unpaired) electrons. The summed E-state index contributed by atoms with van der Waals surface area (Å²) in [6, 6.07) is 4.04. The van der Waals surface area contributed by atoms with Gasteiger partial charge in [-0.3, -0.25) is 10.8 Å². The highest BCUT2D eigenvalue weighted by molar-refractivity contribution is 6.48. The number of rotatable bonds is 0. The standard InChI is InChI=1S/C6H6N2.C6H7NO2/c7-5-3-1-2-4-6(5)8;7-5-2-1-4(8)3-6(5)9/h1-4,7-8H;1-3,8-9H,7H2. The predicted octanol–water partition coefficient (Wildman–Crippen LogP) is 1.83. The minimum atomic E-state index is -0.0880. The summed E-state index contributed by atoms with van der Waals surface area (Å²) in [4.78, 5) is 0. The summed E-state index contributed by atoms with van der Waals surface area (Å²) in [5, 5.41) is 31.6. The van der Waals surface area contributed by atoms with E-state index >= 15 is 0 Å². The first-order valence-electron chi connectivity index (χ1n) is 4.80. The Morgan fingerprint density at radius 3 is 1.82 bits per heavy atom. The van der Waals surface area contributed by atoms with Gasteiger partial charge >= 0.3 is 0 Å². The third kappa shape index (κ3) is 3.83. The smallest absolute Gasteiger partial charge is 0.142 e. The van der Waals surface area contributed by atoms with Crippen molar-refractivity contribution in [1.82, 2.24) is 0 Å². The summed E-state index contributed by atoms with van der Waals surface area (Å²) < 4.78 is 0. The number of aromatic hydroxyl groups is 2. The molecule has 88 valence electrons. The van der Waals surface area contributed by atoms with E-state index in [-0.39, 0.29) is 28.6 Å². The maximum absolute atomic E-state index is 8.82. The average molecular weight is 231 g/mol. The third-order valence-corrected chi connectivity index (χ3v) is 1.94. The van der Waals surface area contributed by atoms with Gasteiger partial charge in [-0.05, 0) is 24.3 Å². The monoisotopic (exact) mass is 231 g/mol. The van der Waals surface area contributed by atoms with Crippen LogP contribution in [0.1, 0.15) is 0 Å². The number of phenolic OH excluding ortho intramolecular Hbond substituents is 2. The van der Waals surface area contributed by atoms with Crippen molar-refractivity contribution in [1.29, 1.82) is 10.8 Å². The molecule has 0 saturated heterocycles. The largest absolute Gasteiger partial charge is 0.508 e. The van der Waals surface area contributed by atoms with Crippen molar-refractivity contribution in [2.45, 2.75) is 0 Å². The molecule has 0 unspecified atom stereocenters. The third-order valence-electron chi connectivity index (χ3n) is 1.94. The number of phenols is 2. The molecule has 5 nitrogen and oxygen atoms in total. The van der Waals surface area contributed by atoms with Gasteiger partial charge in [-0.1, -0.05) is 12.2 Å². The van der Waals surface area contributed by atoms with E-state index in [0.29, 0.717) is 0 Å². The molecule has 0 aliphatic heterocycles. The van der Waals surface area contributed by atoms with E-state index in [1.807, 2.05) is 0 Å². The minimum Gasteiger partial charge on any atom is -0.508 e. The van der Waals surface area contributed by atoms with E-state index in [1.165, 1.54) is 18.2 Å². The van der Waals surface area contributed by atoms with Crippen molar-refractivity contribution < 1.29 is 10.2 Å². The number of nitrogens with two attached hydrogens (primary N) is 1. The Balaban J connectivity index is 0.000000171. The second kappa shape index (κ2) is 5.50. The van der Waals surface area contributed by atoms with Gasteiger partial charge < -0.3 is 15.9 Å². The SMILES string of the molecule is N=C1C=CC=CC1=N.Nc1ccc(O)cc1O. The summed E-state index contributed by atoms with van der Waals surface area (Å²) in [5.74, 6) is -0.0725. The molecule has 0 atom stereocenters. The van der Waals surface area contributed by atoms with Crippen LogP contribution in [0.15, 0.2) is 42.5 Å². The molecule has 0 aromatic heterocycles. The summed E-state index contributed by atoms with van der Waals surface area (Å²) in [6.07, 6.45) is 6.70. The van der Waals surface area contributed by atoms with Gasteiger partial charge in [0.1, 0.15) is 11.5 Å². The molecule has 6 N–H and O–H groups in total. The topological polar surface area (TPSA) is 114 Å². The lowest BCUT2D eigenvalue weighted by molar-refractivity contribution is 0.452. The number of hydrogen-bond acceptors (Lipinski definition) is 5. The second-order valence-electron chi connectivity index (χ2n) is 3.29. The molecule has 0 spiro atoms. The van der Waals surface area contributed by atoms with Crippen LogP contribution in [-0.2, 0) is 0 Å². The van der Waals surface area contributed by atoms with Gasteiger partial charge in [0.15, 0.2) is 0 Å². The average Bonchev–Trinajstić information content (AvgIpc) is 2.29. The minimum absolute atomic E-state index is 0.0155. The van der Waals surface area contributed by atoms with Gasteiger partial charge in [-0.25, -0.2) is 0 Å². The van der Waals surface area contributed by atoms with E-state index in [9.17, 15) is 0 Å². The Hall–Kier alpha value is -2.56. The Labute approximate surface area is 98.5 Å². The zero-order valence-corrected chi connectivity index (χ0v) is 9.01. The molecule has 0 bridgehead atoms. The Bertz CT molecular complexity index is 482. The number of hydrogen-bond donors (Lipinski definition) is 5. The highest BCUT2D eigenvalue weighted by atomic mass is 16.3. The van der Waals surface area contributed by atoms with Gasteiger partial charge in [-0.2, -0.15) is 0 Å². The van der Waals surface area contributed by atoms with Crippen molar-refractivity contribution in [3.05, 3.63) is 42.5 Å². The molecule has 1 aliphatic rings. The van der Waals surface area contributed by atoms with Crippen LogP contribution in [0.3, 0.4) is 0 Å². The lowest BCUT2D eigenvalue weighted by Gasteiger charge is -1.96. The molecular weight excluding hydrogens is 218 g/mol. The predicted molar refractivity (Wildman–Crippen MR) is 67.9 cm³/mol. The molecular formula is C12H13N3O2. The van der Waals surface area contributed by atoms with E-state index in [1.54, 1.807) is 24.3 Å². The fourth-order valence-electron chi connectivity index (χ4n) is 1.02. The Morgan fingerprint density at radius 2 is 1.47 bits per heavy atom. The van der Waals surface area contributed by atoms with E-state index < -0.39 is 0 Å². The first-order chi connectivity index (χ1) is 8.00. The normalized spacial score (nSPS) is 13.2. The Kier molecular flexibility index (Phi) is 4.05. The summed E-state index contributed by atoms with van der Waals surface area (Å²) in [7, 11) is 0. The van der Waals surface area contributed by atoms with E-state index in [0.717, 1.165) is 0 Å². The van der Waals surface area contributed by atoms with E-state index in [4.69, 9.17) is 26.8 Å². The molecule has 0 fully saturated rings. The summed E-state index contributed by atoms with van der Waals surface area (Å²) >= 11 is 0. The molecule has 0 heterocycles. The molecule has 1 aromatic rings. The van der Waals surface area contributed by atoms with Crippen molar-refractivity contribution in [2.24, 2.45) is 0 Å². The van der Waals surface area contributed by atoms with Crippen LogP contribution in [0.25, 0.3) is 0 Å². The van der Waals surface area contributed by atoms with Crippen molar-refractivity contribution in [3.63, 3.8) is 0 Å². The van der Waals surface area contributed by atoms with Crippen molar-refractivity contribution in [2.75, 3.05) is 5.73 Å². The number of anilines is 1. The zero-order chi connectivity index (χ0) is 12.8. The maximum atomic E-state index is 8.82. The van der Waals surface area contributed by atoms with Gasteiger partial charge in [0.05, 0.1) is 17.1 Å². The van der Waals surface area contributed by atoms with Crippen LogP contribution in [0.2, 0.25) is 0 Å². The van der Waals surface area contributed by atoms with Crippen molar-refractivity contribution in [3.8, 4) is 11.5 Å². The summed E-state index contributed by atoms with van der Waals surface area (Å²) in [5.41, 5.74) is 6.07. The second-order valence-corrected chi connectivity index (χ2v) is 3.29. The molecule has 0 amide bonds. The van der Waals surface area contributed by atoms with Gasteiger partial charge in [-0.15, -0.1) is 0 Å². The van der Waals surface area contributed by atoms with Gasteiger partial charge in [0, 0.05) is 6.07 Å². The number of benzene rings is 1. The van der Waals surface area contributed by atoms with Crippen LogP contribution in [-0.4, -0.2) is 21.6 Å². The molecule has 5 heteroatoms. The molecule has 2 rings (SSSR count). The first-order valence-corrected chi connectivity index (χ1v) is 4.80. The number of nitrogen functional groups attached to an aromatic ring is 1. The zero-order valence-electron chi connectivity index (χ0n) is 9.01. The van der Waals surface area contributed by atoms with Gasteiger partial charge in [0.25, 0.3) is 0 Å². The lowest BCUT2D eigenvalue weighted by atomic mass is 10.1. The molecule has 1 aliphatic carbocycles. The fraction of sp³-hybridized carbons (Fsp3) is 0. The highest BCUT2D eigenvalue weighted by Crippen LogP contribution is 2.23. The molecule has 17 heavy (non-hydrogen) atoms. The highest BCUT2D eigenvalue weighted by Gasteiger charge is 1.97. The quantitative estimate of drug-likeness (QED) is 0.203. The van der Waals surface area contributed by atoms with Crippen LogP contribution in [0.5, 0.6) is 11.5 Å². The Morgan fingerprint density at radius 1 is 0.941 bits per heavy atom. The first kappa shape index (κ1) is 12.5. The number of nitrogens with one attached hydrogen (secondary N) is 2. The van der Waals surface area contributed by atoms with Crippen LogP contribution >= 0.6 is 0 Å². The lowest BCUT2D eigenvalue weighted by Crippen LogP contribution is -2.06. The molecule has 0 saturated carbocycles. The summed E-state index contributed by atoms with van der Waals surface area (Å²) in [6.45, 7) is 0. The van der Waals surface area contributed by atoms with Crippen LogP contribution in [0, 0.1) is 10.8 Å². The molecule has 1 aromatic carbocycles. The fourth-order valence-corrected chi connectivity index (χ4v) is 1.02.